The van der Waals surface area contributed by atoms with Crippen molar-refractivity contribution in [1.29, 1.82) is 0 Å². The van der Waals surface area contributed by atoms with Crippen molar-refractivity contribution in [3.8, 4) is 0 Å². The number of fused-ring (bicyclic) bond motifs is 2. The van der Waals surface area contributed by atoms with Gasteiger partial charge in [-0.3, -0.25) is 14.9 Å². The van der Waals surface area contributed by atoms with Crippen molar-refractivity contribution in [1.82, 2.24) is 29.8 Å². The highest BCUT2D eigenvalue weighted by Gasteiger charge is 2.19. The Morgan fingerprint density at radius 1 is 0.711 bits per heavy atom. The predicted molar refractivity (Wildman–Crippen MR) is 187 cm³/mol. The van der Waals surface area contributed by atoms with Crippen LogP contribution < -0.4 is 25.8 Å². The molecule has 0 saturated carbocycles. The van der Waals surface area contributed by atoms with Gasteiger partial charge < -0.3 is 25.8 Å². The van der Waals surface area contributed by atoms with Crippen molar-refractivity contribution in [2.24, 2.45) is 0 Å². The molecule has 0 spiro atoms. The lowest BCUT2D eigenvalue weighted by Crippen LogP contribution is -2.32. The molecule has 0 amide bonds. The number of aromatic nitrogens is 5. The molecule has 4 heterocycles. The summed E-state index contributed by atoms with van der Waals surface area (Å²) in [6, 6.07) is 17.1. The summed E-state index contributed by atoms with van der Waals surface area (Å²) >= 11 is 0. The molecule has 11 nitrogen and oxygen atoms in total. The summed E-state index contributed by atoms with van der Waals surface area (Å²) in [5, 5.41) is 12.4. The van der Waals surface area contributed by atoms with Crippen LogP contribution >= 0.6 is 0 Å². The summed E-state index contributed by atoms with van der Waals surface area (Å²) in [6.45, 7) is 9.15. The molecule has 45 heavy (non-hydrogen) atoms. The normalized spacial score (nSPS) is 15.0. The Bertz CT molecular complexity index is 1720. The third kappa shape index (κ3) is 6.83. The van der Waals surface area contributed by atoms with Gasteiger partial charge >= 0.3 is 0 Å². The minimum atomic E-state index is 0.447. The van der Waals surface area contributed by atoms with E-state index in [2.05, 4.69) is 61.8 Å². The van der Waals surface area contributed by atoms with Gasteiger partial charge in [-0.25, -0.2) is 0 Å². The van der Waals surface area contributed by atoms with Crippen LogP contribution in [0, 0.1) is 13.8 Å². The molecule has 1 fully saturated rings. The largest absolute Gasteiger partial charge is 0.377 e. The Morgan fingerprint density at radius 2 is 1.22 bits per heavy atom. The first-order valence-electron chi connectivity index (χ1n) is 15.6. The van der Waals surface area contributed by atoms with Crippen LogP contribution in [0.3, 0.4) is 0 Å². The fraction of sp³-hybridized carbons (Fsp3) is 0.382. The predicted octanol–water partition coefficient (Wildman–Crippen LogP) is 6.10. The first-order valence-corrected chi connectivity index (χ1v) is 15.6. The molecule has 1 aliphatic heterocycles. The van der Waals surface area contributed by atoms with E-state index in [4.69, 9.17) is 24.9 Å². The lowest BCUT2D eigenvalue weighted by molar-refractivity contribution is 0.279. The smallest absolute Gasteiger partial charge is 0.233 e. The van der Waals surface area contributed by atoms with Crippen molar-refractivity contribution < 1.29 is 0 Å². The van der Waals surface area contributed by atoms with Crippen LogP contribution in [0.25, 0.3) is 21.8 Å². The zero-order valence-electron chi connectivity index (χ0n) is 27.3. The lowest BCUT2D eigenvalue weighted by Gasteiger charge is -2.21. The zero-order valence-corrected chi connectivity index (χ0v) is 27.3. The minimum absolute atomic E-state index is 0.447. The highest BCUT2D eigenvalue weighted by molar-refractivity contribution is 5.95. The summed E-state index contributed by atoms with van der Waals surface area (Å²) in [5.74, 6) is 1.41. The van der Waals surface area contributed by atoms with E-state index in [1.807, 2.05) is 66.3 Å². The first-order chi connectivity index (χ1) is 21.6. The van der Waals surface area contributed by atoms with Gasteiger partial charge in [-0.1, -0.05) is 0 Å². The highest BCUT2D eigenvalue weighted by Crippen LogP contribution is 2.31. The molecular weight excluding hydrogens is 562 g/mol. The Balaban J connectivity index is 1.32. The van der Waals surface area contributed by atoms with Crippen molar-refractivity contribution in [3.05, 3.63) is 59.9 Å². The summed E-state index contributed by atoms with van der Waals surface area (Å²) in [4.78, 5) is 30.5. The van der Waals surface area contributed by atoms with Crippen LogP contribution in [-0.4, -0.2) is 83.7 Å². The summed E-state index contributed by atoms with van der Waals surface area (Å²) in [7, 11) is 8.18. The monoisotopic (exact) mass is 605 g/mol. The lowest BCUT2D eigenvalue weighted by atomic mass is 10.1. The number of anilines is 7. The second-order valence-corrected chi connectivity index (χ2v) is 12.3. The number of likely N-dealkylation sites (tertiary alicyclic amines) is 1. The van der Waals surface area contributed by atoms with Gasteiger partial charge in [-0.2, -0.15) is 15.0 Å². The molecule has 1 atom stereocenters. The van der Waals surface area contributed by atoms with Crippen molar-refractivity contribution in [3.63, 3.8) is 0 Å². The maximum Gasteiger partial charge on any atom is 0.233 e. The number of hydrogen-bond donors (Lipinski definition) is 3. The Kier molecular flexibility index (Phi) is 8.53. The molecule has 3 N–H and O–H groups in total. The highest BCUT2D eigenvalue weighted by atomic mass is 15.3. The molecule has 0 bridgehead atoms. The fourth-order valence-electron chi connectivity index (χ4n) is 6.03. The number of pyridine rings is 2. The quantitative estimate of drug-likeness (QED) is 0.172. The van der Waals surface area contributed by atoms with E-state index >= 15 is 0 Å². The van der Waals surface area contributed by atoms with Crippen LogP contribution in [0.4, 0.5) is 40.6 Å². The van der Waals surface area contributed by atoms with Crippen LogP contribution in [-0.2, 0) is 0 Å². The maximum atomic E-state index is 4.78. The maximum absolute atomic E-state index is 4.78. The van der Waals surface area contributed by atoms with E-state index in [1.165, 1.54) is 12.8 Å². The molecule has 0 aliphatic carbocycles. The van der Waals surface area contributed by atoms with Gasteiger partial charge in [-0.05, 0) is 88.7 Å². The van der Waals surface area contributed by atoms with Gasteiger partial charge in [0.15, 0.2) is 0 Å². The SMILES string of the molecule is Cc1cc(N(C)C)c2cc(Nc3nc(NCCN4CCCC4C)nc(Nc4ccc5nc(C)cc(N(C)C)c5c4)n3)ccc2n1. The molecular formula is C34H43N11. The molecule has 1 unspecified atom stereocenters. The summed E-state index contributed by atoms with van der Waals surface area (Å²) in [5.41, 5.74) is 7.80. The Hall–Kier alpha value is -4.77. The second kappa shape index (κ2) is 12.7. The molecule has 2 aromatic carbocycles. The average molecular weight is 606 g/mol. The van der Waals surface area contributed by atoms with Crippen molar-refractivity contribution >= 4 is 62.4 Å². The molecule has 234 valence electrons. The number of hydrogen-bond acceptors (Lipinski definition) is 11. The van der Waals surface area contributed by atoms with Gasteiger partial charge in [0.1, 0.15) is 0 Å². The van der Waals surface area contributed by atoms with Crippen LogP contribution in [0.5, 0.6) is 0 Å². The number of aryl methyl sites for hydroxylation is 2. The number of rotatable bonds is 10. The van der Waals surface area contributed by atoms with E-state index in [-0.39, 0.29) is 0 Å². The average Bonchev–Trinajstić information content (AvgIpc) is 3.40. The van der Waals surface area contributed by atoms with Gasteiger partial charge in [0.2, 0.25) is 17.8 Å². The molecule has 3 aromatic heterocycles. The summed E-state index contributed by atoms with van der Waals surface area (Å²) < 4.78 is 0. The topological polar surface area (TPSA) is 110 Å². The van der Waals surface area contributed by atoms with E-state index in [9.17, 15) is 0 Å². The van der Waals surface area contributed by atoms with E-state index < -0.39 is 0 Å². The van der Waals surface area contributed by atoms with E-state index in [0.717, 1.165) is 75.6 Å². The first kappa shape index (κ1) is 30.3. The number of nitrogens with zero attached hydrogens (tertiary/aromatic N) is 8. The van der Waals surface area contributed by atoms with E-state index in [0.29, 0.717) is 23.9 Å². The van der Waals surface area contributed by atoms with Crippen molar-refractivity contribution in [2.75, 3.05) is 73.6 Å². The second-order valence-electron chi connectivity index (χ2n) is 12.3. The van der Waals surface area contributed by atoms with Gasteiger partial charge in [0.05, 0.1) is 11.0 Å². The molecule has 1 aliphatic rings. The van der Waals surface area contributed by atoms with Crippen LogP contribution in [0.1, 0.15) is 31.2 Å². The third-order valence-electron chi connectivity index (χ3n) is 8.31. The zero-order chi connectivity index (χ0) is 31.7. The number of nitrogens with one attached hydrogen (secondary N) is 3. The Labute approximate surface area is 265 Å². The van der Waals surface area contributed by atoms with Crippen LogP contribution in [0.2, 0.25) is 0 Å². The third-order valence-corrected chi connectivity index (χ3v) is 8.31. The molecule has 5 aromatic rings. The minimum Gasteiger partial charge on any atom is -0.377 e. The van der Waals surface area contributed by atoms with Crippen LogP contribution in [0.15, 0.2) is 48.5 Å². The summed E-state index contributed by atoms with van der Waals surface area (Å²) in [6.07, 6.45) is 2.50. The molecule has 0 radical (unpaired) electrons. The fourth-order valence-corrected chi connectivity index (χ4v) is 6.03. The van der Waals surface area contributed by atoms with Gasteiger partial charge in [0.25, 0.3) is 0 Å². The number of benzene rings is 2. The van der Waals surface area contributed by atoms with Gasteiger partial charge in [0, 0.05) is 92.2 Å². The standard InChI is InChI=1S/C34H43N11/c1-21-17-30(43(4)5)26-19-24(10-12-28(26)36-21)38-33-40-32(35-14-16-45-15-8-9-23(45)3)41-34(42-33)39-25-11-13-29-27(20-25)31(44(6)7)18-22(2)37-29/h10-13,17-20,23H,8-9,14-16H2,1-7H3,(H3,35,38,39,40,41,42). The van der Waals surface area contributed by atoms with E-state index in [1.54, 1.807) is 0 Å². The van der Waals surface area contributed by atoms with Gasteiger partial charge in [-0.15, -0.1) is 0 Å². The van der Waals surface area contributed by atoms with Crippen molar-refractivity contribution in [2.45, 2.75) is 39.7 Å². The Morgan fingerprint density at radius 3 is 1.69 bits per heavy atom. The molecule has 6 rings (SSSR count). The molecule has 11 heteroatoms. The molecule has 1 saturated heterocycles.